The number of aliphatic carboxylic acids is 1. The van der Waals surface area contributed by atoms with Gasteiger partial charge in [0.1, 0.15) is 0 Å². The molecule has 4 heteroatoms. The summed E-state index contributed by atoms with van der Waals surface area (Å²) < 4.78 is 0. The molecule has 0 radical (unpaired) electrons. The van der Waals surface area contributed by atoms with Crippen LogP contribution in [-0.2, 0) is 4.79 Å². The van der Waals surface area contributed by atoms with Crippen molar-refractivity contribution in [3.63, 3.8) is 0 Å². The van der Waals surface area contributed by atoms with Crippen LogP contribution in [0, 0.1) is 0 Å². The summed E-state index contributed by atoms with van der Waals surface area (Å²) in [6, 6.07) is 0. The fraction of sp³-hybridized carbons (Fsp3) is 0.500. The first-order valence-corrected chi connectivity index (χ1v) is 0.928. The van der Waals surface area contributed by atoms with Crippen molar-refractivity contribution in [3.8, 4) is 0 Å². The van der Waals surface area contributed by atoms with Crippen LogP contribution >= 0.6 is 12.4 Å². The van der Waals surface area contributed by atoms with Crippen LogP contribution in [0.3, 0.4) is 0 Å². The Hall–Kier alpha value is 1.81. The second kappa shape index (κ2) is 9.94. The van der Waals surface area contributed by atoms with E-state index in [0.717, 1.165) is 6.92 Å². The van der Waals surface area contributed by atoms with E-state index in [4.69, 9.17) is 9.90 Å². The Bertz CT molecular complexity index is 38.7. The van der Waals surface area contributed by atoms with Gasteiger partial charge in [0.25, 0.3) is 5.97 Å². The smallest absolute Gasteiger partial charge is 1.00 e. The Morgan fingerprint density at radius 2 is 1.83 bits per heavy atom. The minimum Gasteiger partial charge on any atom is -1.00 e. The molecule has 2 nitrogen and oxygen atoms in total. The van der Waals surface area contributed by atoms with Gasteiger partial charge in [-0.2, -0.15) is 0 Å². The van der Waals surface area contributed by atoms with Gasteiger partial charge in [0.2, 0.25) is 0 Å². The Labute approximate surface area is 103 Å². The summed E-state index contributed by atoms with van der Waals surface area (Å²) in [5.74, 6) is -0.833. The molecule has 0 heterocycles. The Balaban J connectivity index is -0.0000000150. The van der Waals surface area contributed by atoms with E-state index in [2.05, 4.69) is 0 Å². The molecule has 6 heavy (non-hydrogen) atoms. The van der Waals surface area contributed by atoms with Crippen LogP contribution in [0.1, 0.15) is 8.35 Å². The molecule has 0 fully saturated rings. The van der Waals surface area contributed by atoms with E-state index in [9.17, 15) is 0 Å². The summed E-state index contributed by atoms with van der Waals surface area (Å²) >= 11 is 0. The van der Waals surface area contributed by atoms with Crippen LogP contribution in [0.15, 0.2) is 0 Å². The molecule has 34 valence electrons. The zero-order valence-corrected chi connectivity index (χ0v) is 10.9. The zero-order chi connectivity index (χ0) is 3.58. The number of halogens is 1. The fourth-order valence-corrected chi connectivity index (χ4v) is 0. The predicted molar refractivity (Wildman–Crippen MR) is 21.7 cm³/mol. The minimum atomic E-state index is -0.833. The summed E-state index contributed by atoms with van der Waals surface area (Å²) in [4.78, 5) is 9.00. The third kappa shape index (κ3) is 41.0. The monoisotopic (exact) mass is 230 g/mol. The molecule has 0 spiro atoms. The summed E-state index contributed by atoms with van der Waals surface area (Å²) in [7, 11) is 0. The normalized spacial score (nSPS) is 4.17. The van der Waals surface area contributed by atoms with Crippen molar-refractivity contribution < 1.29 is 80.2 Å². The van der Waals surface area contributed by atoms with Crippen molar-refractivity contribution >= 4 is 18.4 Å². The van der Waals surface area contributed by atoms with Gasteiger partial charge in [0.05, 0.1) is 0 Å². The molecule has 0 aliphatic rings. The Kier molecular flexibility index (Phi) is 25.9. The van der Waals surface area contributed by atoms with Crippen molar-refractivity contribution in [3.05, 3.63) is 0 Å². The summed E-state index contributed by atoms with van der Waals surface area (Å²) in [5, 5.41) is 7.42. The third-order valence-corrected chi connectivity index (χ3v) is 0. The molecule has 0 bridgehead atoms. The van der Waals surface area contributed by atoms with E-state index < -0.39 is 5.97 Å². The predicted octanol–water partition coefficient (Wildman–Crippen LogP) is -2.37. The maximum absolute atomic E-state index is 9.00. The summed E-state index contributed by atoms with van der Waals surface area (Å²) in [5.41, 5.74) is 0. The number of hydrogen-bond acceptors (Lipinski definition) is 1. The van der Waals surface area contributed by atoms with Crippen LogP contribution in [0.2, 0.25) is 0 Å². The van der Waals surface area contributed by atoms with E-state index in [1.807, 2.05) is 0 Å². The largest absolute Gasteiger partial charge is 1.00 e. The molecule has 0 amide bonds. The van der Waals surface area contributed by atoms with Gasteiger partial charge in [-0.3, -0.25) is 4.79 Å². The first-order valence-electron chi connectivity index (χ1n) is 0.928. The van der Waals surface area contributed by atoms with Gasteiger partial charge in [-0.05, 0) is 0 Å². The average Bonchev–Trinajstić information content (AvgIpc) is 0.811. The summed E-state index contributed by atoms with van der Waals surface area (Å²) in [6.07, 6.45) is 0. The number of carbonyl (C=O) groups is 1. The molecule has 0 aromatic heterocycles. The molecule has 0 rings (SSSR count). The van der Waals surface area contributed by atoms with Gasteiger partial charge < -0.3 is 6.53 Å². The number of carboxylic acids is 1. The van der Waals surface area contributed by atoms with Crippen LogP contribution in [-0.4, -0.2) is 11.1 Å². The van der Waals surface area contributed by atoms with E-state index in [-0.39, 0.29) is 82.7 Å². The van der Waals surface area contributed by atoms with Crippen LogP contribution in [0.5, 0.6) is 0 Å². The maximum atomic E-state index is 9.00. The van der Waals surface area contributed by atoms with E-state index in [1.54, 1.807) is 0 Å². The second-order valence-corrected chi connectivity index (χ2v) is 0.519. The topological polar surface area (TPSA) is 37.3 Å². The molecule has 0 unspecified atom stereocenters. The molecule has 0 aromatic rings. The molecule has 0 aromatic carbocycles. The number of rotatable bonds is 0. The molecule has 0 saturated heterocycles. The van der Waals surface area contributed by atoms with Crippen LogP contribution in [0.4, 0.5) is 0 Å². The van der Waals surface area contributed by atoms with Crippen LogP contribution < -0.4 is 68.9 Å². The Morgan fingerprint density at radius 1 is 1.83 bits per heavy atom. The van der Waals surface area contributed by atoms with Gasteiger partial charge in [-0.1, -0.05) is 0 Å². The van der Waals surface area contributed by atoms with Crippen molar-refractivity contribution in [2.45, 2.75) is 6.92 Å². The minimum absolute atomic E-state index is 0. The van der Waals surface area contributed by atoms with E-state index in [0.29, 0.717) is 0 Å². The molecular weight excluding hydrogens is 224 g/mol. The van der Waals surface area contributed by atoms with E-state index >= 15 is 0 Å². The van der Waals surface area contributed by atoms with Crippen molar-refractivity contribution in [1.29, 1.82) is 0 Å². The van der Waals surface area contributed by atoms with Crippen molar-refractivity contribution in [2.75, 3.05) is 0 Å². The van der Waals surface area contributed by atoms with Gasteiger partial charge in [0.15, 0.2) is 0 Å². The number of hydrogen-bond donors (Lipinski definition) is 1. The molecule has 0 saturated carbocycles. The van der Waals surface area contributed by atoms with Crippen LogP contribution in [0.25, 0.3) is 0 Å². The van der Waals surface area contributed by atoms with Gasteiger partial charge in [0, 0.05) is 6.92 Å². The molecule has 0 aliphatic heterocycles. The van der Waals surface area contributed by atoms with Crippen molar-refractivity contribution in [1.82, 2.24) is 0 Å². The fourth-order valence-electron chi connectivity index (χ4n) is 0. The maximum Gasteiger partial charge on any atom is 1.00 e. The first-order chi connectivity index (χ1) is 1.73. The van der Waals surface area contributed by atoms with Gasteiger partial charge >= 0.3 is 68.9 Å². The van der Waals surface area contributed by atoms with Crippen molar-refractivity contribution in [2.24, 2.45) is 0 Å². The number of carboxylic acid groups (broad SMARTS) is 1. The SMILES string of the molecule is CC(=O)O.Cl.[Cs+].[H-]. The third-order valence-electron chi connectivity index (χ3n) is 0. The first kappa shape index (κ1) is 15.7. The Morgan fingerprint density at radius 3 is 1.83 bits per heavy atom. The second-order valence-electron chi connectivity index (χ2n) is 0.519. The zero-order valence-electron chi connectivity index (χ0n) is 4.76. The standard InChI is InChI=1S/C2H4O2.ClH.Cs.H/c1-2(3)4;;;/h1H3,(H,3,4);1H;;/q;;+1;-1. The summed E-state index contributed by atoms with van der Waals surface area (Å²) in [6.45, 7) is 1.08. The van der Waals surface area contributed by atoms with E-state index in [1.165, 1.54) is 0 Å². The van der Waals surface area contributed by atoms with Gasteiger partial charge in [-0.25, -0.2) is 0 Å². The average molecular weight is 230 g/mol. The molecule has 0 atom stereocenters. The quantitative estimate of drug-likeness (QED) is 0.505. The molecular formula is C2H6ClCsO2. The van der Waals surface area contributed by atoms with Gasteiger partial charge in [-0.15, -0.1) is 12.4 Å². The molecule has 0 aliphatic carbocycles. The molecule has 1 N–H and O–H groups in total.